The Morgan fingerprint density at radius 2 is 2.13 bits per heavy atom. The minimum atomic E-state index is -0.754. The van der Waals surface area contributed by atoms with Gasteiger partial charge in [0.2, 0.25) is 0 Å². The first kappa shape index (κ1) is 15.7. The van der Waals surface area contributed by atoms with Crippen molar-refractivity contribution in [1.29, 1.82) is 0 Å². The summed E-state index contributed by atoms with van der Waals surface area (Å²) >= 11 is 0. The van der Waals surface area contributed by atoms with Gasteiger partial charge in [-0.3, -0.25) is 9.69 Å². The fourth-order valence-electron chi connectivity index (χ4n) is 3.24. The highest BCUT2D eigenvalue weighted by Gasteiger charge is 2.34. The molecular formula is C18H23N3O2. The molecule has 1 saturated carbocycles. The summed E-state index contributed by atoms with van der Waals surface area (Å²) in [6.45, 7) is 4.98. The van der Waals surface area contributed by atoms with Gasteiger partial charge in [-0.05, 0) is 44.0 Å². The molecule has 5 heteroatoms. The maximum atomic E-state index is 10.9. The summed E-state index contributed by atoms with van der Waals surface area (Å²) in [6, 6.07) is 11.0. The van der Waals surface area contributed by atoms with Crippen LogP contribution in [0.15, 0.2) is 30.3 Å². The molecule has 0 aliphatic heterocycles. The minimum absolute atomic E-state index is 0.126. The van der Waals surface area contributed by atoms with E-state index in [0.29, 0.717) is 12.1 Å². The number of pyridine rings is 1. The van der Waals surface area contributed by atoms with Gasteiger partial charge in [0.05, 0.1) is 12.1 Å². The third-order valence-electron chi connectivity index (χ3n) is 4.63. The lowest BCUT2D eigenvalue weighted by Gasteiger charge is -2.42. The van der Waals surface area contributed by atoms with Crippen molar-refractivity contribution in [3.63, 3.8) is 0 Å². The number of carboxylic acid groups (broad SMARTS) is 1. The number of aryl methyl sites for hydroxylation is 1. The SMILES string of the molecule is CCN(CC(=O)O)C1CC(Nc2nc3ccccc3cc2C)C1. The van der Waals surface area contributed by atoms with Crippen molar-refractivity contribution in [3.05, 3.63) is 35.9 Å². The first-order valence-electron chi connectivity index (χ1n) is 8.15. The first-order valence-corrected chi connectivity index (χ1v) is 8.15. The Morgan fingerprint density at radius 1 is 1.39 bits per heavy atom. The number of fused-ring (bicyclic) bond motifs is 1. The average Bonchev–Trinajstić information content (AvgIpc) is 2.48. The lowest BCUT2D eigenvalue weighted by Crippen LogP contribution is -2.51. The average molecular weight is 313 g/mol. The molecular weight excluding hydrogens is 290 g/mol. The number of nitrogens with one attached hydrogen (secondary N) is 1. The van der Waals surface area contributed by atoms with Crippen molar-refractivity contribution in [1.82, 2.24) is 9.88 Å². The number of likely N-dealkylation sites (N-methyl/N-ethyl adjacent to an activating group) is 1. The van der Waals surface area contributed by atoms with Crippen molar-refractivity contribution in [2.45, 2.75) is 38.8 Å². The van der Waals surface area contributed by atoms with Crippen LogP contribution >= 0.6 is 0 Å². The number of aliphatic carboxylic acids is 1. The molecule has 0 radical (unpaired) electrons. The number of benzene rings is 1. The molecule has 0 amide bonds. The van der Waals surface area contributed by atoms with E-state index in [0.717, 1.165) is 41.7 Å². The number of hydrogen-bond donors (Lipinski definition) is 2. The molecule has 1 aromatic heterocycles. The molecule has 0 bridgehead atoms. The van der Waals surface area contributed by atoms with E-state index in [1.165, 1.54) is 0 Å². The van der Waals surface area contributed by atoms with Crippen molar-refractivity contribution in [2.75, 3.05) is 18.4 Å². The van der Waals surface area contributed by atoms with E-state index in [1.54, 1.807) is 0 Å². The molecule has 122 valence electrons. The van der Waals surface area contributed by atoms with Gasteiger partial charge in [0.25, 0.3) is 0 Å². The van der Waals surface area contributed by atoms with Crippen LogP contribution in [0.1, 0.15) is 25.3 Å². The number of carboxylic acids is 1. The van der Waals surface area contributed by atoms with Crippen LogP contribution in [0.4, 0.5) is 5.82 Å². The second kappa shape index (κ2) is 6.54. The minimum Gasteiger partial charge on any atom is -0.480 e. The quantitative estimate of drug-likeness (QED) is 0.858. The van der Waals surface area contributed by atoms with Crippen LogP contribution in [0.5, 0.6) is 0 Å². The van der Waals surface area contributed by atoms with E-state index in [4.69, 9.17) is 10.1 Å². The number of nitrogens with zero attached hydrogens (tertiary/aromatic N) is 2. The molecule has 1 heterocycles. The third kappa shape index (κ3) is 3.45. The van der Waals surface area contributed by atoms with Gasteiger partial charge in [-0.25, -0.2) is 4.98 Å². The summed E-state index contributed by atoms with van der Waals surface area (Å²) in [5.74, 6) is 0.184. The normalized spacial score (nSPS) is 20.5. The van der Waals surface area contributed by atoms with Crippen LogP contribution in [0.3, 0.4) is 0 Å². The van der Waals surface area contributed by atoms with Crippen LogP contribution in [-0.2, 0) is 4.79 Å². The van der Waals surface area contributed by atoms with E-state index in [1.807, 2.05) is 30.0 Å². The Bertz CT molecular complexity index is 710. The number of para-hydroxylation sites is 1. The van der Waals surface area contributed by atoms with Crippen LogP contribution in [-0.4, -0.2) is 46.1 Å². The van der Waals surface area contributed by atoms with Crippen molar-refractivity contribution in [2.24, 2.45) is 0 Å². The molecule has 1 aromatic carbocycles. The largest absolute Gasteiger partial charge is 0.480 e. The van der Waals surface area contributed by atoms with Crippen molar-refractivity contribution < 1.29 is 9.90 Å². The summed E-state index contributed by atoms with van der Waals surface area (Å²) in [4.78, 5) is 17.6. The standard InChI is InChI=1S/C18H23N3O2/c1-3-21(11-17(22)23)15-9-14(10-15)19-18-12(2)8-13-6-4-5-7-16(13)20-18/h4-8,14-15H,3,9-11H2,1-2H3,(H,19,20)(H,22,23). The molecule has 0 saturated heterocycles. The van der Waals surface area contributed by atoms with Gasteiger partial charge in [0.1, 0.15) is 5.82 Å². The molecule has 2 aromatic rings. The lowest BCUT2D eigenvalue weighted by atomic mass is 9.85. The zero-order valence-electron chi connectivity index (χ0n) is 13.6. The maximum Gasteiger partial charge on any atom is 0.317 e. The van der Waals surface area contributed by atoms with Crippen LogP contribution in [0.25, 0.3) is 10.9 Å². The Balaban J connectivity index is 1.63. The number of anilines is 1. The predicted octanol–water partition coefficient (Wildman–Crippen LogP) is 2.89. The van der Waals surface area contributed by atoms with E-state index in [9.17, 15) is 4.79 Å². The first-order chi connectivity index (χ1) is 11.1. The van der Waals surface area contributed by atoms with Crippen LogP contribution < -0.4 is 5.32 Å². The smallest absolute Gasteiger partial charge is 0.317 e. The summed E-state index contributed by atoms with van der Waals surface area (Å²) < 4.78 is 0. The summed E-state index contributed by atoms with van der Waals surface area (Å²) in [6.07, 6.45) is 1.93. The zero-order chi connectivity index (χ0) is 16.4. The fourth-order valence-corrected chi connectivity index (χ4v) is 3.24. The van der Waals surface area contributed by atoms with Gasteiger partial charge in [-0.2, -0.15) is 0 Å². The monoisotopic (exact) mass is 313 g/mol. The molecule has 0 unspecified atom stereocenters. The Labute approximate surface area is 136 Å². The molecule has 2 N–H and O–H groups in total. The number of rotatable bonds is 6. The summed E-state index contributed by atoms with van der Waals surface area (Å²) in [5.41, 5.74) is 2.14. The lowest BCUT2D eigenvalue weighted by molar-refractivity contribution is -0.139. The molecule has 0 spiro atoms. The zero-order valence-corrected chi connectivity index (χ0v) is 13.6. The van der Waals surface area contributed by atoms with E-state index in [2.05, 4.69) is 24.4 Å². The molecule has 1 fully saturated rings. The van der Waals surface area contributed by atoms with Crippen molar-refractivity contribution >= 4 is 22.7 Å². The van der Waals surface area contributed by atoms with Gasteiger partial charge in [-0.15, -0.1) is 0 Å². The summed E-state index contributed by atoms with van der Waals surface area (Å²) in [5, 5.41) is 13.6. The van der Waals surface area contributed by atoms with Gasteiger partial charge in [0, 0.05) is 17.5 Å². The van der Waals surface area contributed by atoms with E-state index < -0.39 is 5.97 Å². The van der Waals surface area contributed by atoms with Gasteiger partial charge in [-0.1, -0.05) is 25.1 Å². The van der Waals surface area contributed by atoms with Crippen LogP contribution in [0.2, 0.25) is 0 Å². The highest BCUT2D eigenvalue weighted by atomic mass is 16.4. The molecule has 3 rings (SSSR count). The molecule has 1 aliphatic carbocycles. The fraction of sp³-hybridized carbons (Fsp3) is 0.444. The Hall–Kier alpha value is -2.14. The Kier molecular flexibility index (Phi) is 4.48. The second-order valence-corrected chi connectivity index (χ2v) is 6.27. The number of hydrogen-bond acceptors (Lipinski definition) is 4. The summed E-state index contributed by atoms with van der Waals surface area (Å²) in [7, 11) is 0. The highest BCUT2D eigenvalue weighted by Crippen LogP contribution is 2.29. The molecule has 0 atom stereocenters. The van der Waals surface area contributed by atoms with E-state index >= 15 is 0 Å². The number of carbonyl (C=O) groups is 1. The highest BCUT2D eigenvalue weighted by molar-refractivity contribution is 5.81. The third-order valence-corrected chi connectivity index (χ3v) is 4.63. The molecule has 1 aliphatic rings. The van der Waals surface area contributed by atoms with Crippen molar-refractivity contribution in [3.8, 4) is 0 Å². The topological polar surface area (TPSA) is 65.5 Å². The van der Waals surface area contributed by atoms with Gasteiger partial charge >= 0.3 is 5.97 Å². The van der Waals surface area contributed by atoms with Crippen LogP contribution in [0, 0.1) is 6.92 Å². The van der Waals surface area contributed by atoms with Gasteiger partial charge in [0.15, 0.2) is 0 Å². The molecule has 5 nitrogen and oxygen atoms in total. The predicted molar refractivity (Wildman–Crippen MR) is 91.8 cm³/mol. The number of aromatic nitrogens is 1. The van der Waals surface area contributed by atoms with E-state index in [-0.39, 0.29) is 6.54 Å². The Morgan fingerprint density at radius 3 is 2.83 bits per heavy atom. The second-order valence-electron chi connectivity index (χ2n) is 6.27. The maximum absolute atomic E-state index is 10.9. The molecule has 23 heavy (non-hydrogen) atoms. The van der Waals surface area contributed by atoms with Gasteiger partial charge < -0.3 is 10.4 Å².